The van der Waals surface area contributed by atoms with Gasteiger partial charge in [0, 0.05) is 18.7 Å². The van der Waals surface area contributed by atoms with E-state index in [1.807, 2.05) is 11.4 Å². The predicted molar refractivity (Wildman–Crippen MR) is 54.4 cm³/mol. The van der Waals surface area contributed by atoms with Gasteiger partial charge in [0.25, 0.3) is 0 Å². The normalized spacial score (nSPS) is 24.8. The van der Waals surface area contributed by atoms with Crippen molar-refractivity contribution in [2.45, 2.75) is 19.5 Å². The summed E-state index contributed by atoms with van der Waals surface area (Å²) in [5.74, 6) is 0. The lowest BCUT2D eigenvalue weighted by molar-refractivity contribution is -0.141. The van der Waals surface area contributed by atoms with E-state index in [1.165, 1.54) is 11.9 Å². The van der Waals surface area contributed by atoms with Gasteiger partial charge in [0.05, 0.1) is 5.70 Å². The van der Waals surface area contributed by atoms with Gasteiger partial charge in [0.2, 0.25) is 0 Å². The fourth-order valence-electron chi connectivity index (χ4n) is 1.45. The van der Waals surface area contributed by atoms with Crippen LogP contribution in [0.5, 0.6) is 0 Å². The van der Waals surface area contributed by atoms with Crippen LogP contribution in [0, 0.1) is 5.21 Å². The van der Waals surface area contributed by atoms with E-state index in [0.29, 0.717) is 11.4 Å². The third-order valence-corrected chi connectivity index (χ3v) is 3.13. The molecule has 0 spiro atoms. The minimum Gasteiger partial charge on any atom is -0.757 e. The Bertz CT molecular complexity index is 327. The van der Waals surface area contributed by atoms with Crippen molar-refractivity contribution >= 4 is 11.9 Å². The molecule has 2 aliphatic heterocycles. The highest BCUT2D eigenvalue weighted by atomic mass is 32.2. The monoisotopic (exact) mass is 214 g/mol. The molecular weight excluding hydrogens is 202 g/mol. The number of rotatable bonds is 0. The molecule has 0 saturated carbocycles. The summed E-state index contributed by atoms with van der Waals surface area (Å²) in [6, 6.07) is 0. The molecule has 0 atom stereocenters. The molecule has 1 N–H and O–H groups in total. The molecule has 1 fully saturated rings. The highest BCUT2D eigenvalue weighted by Crippen LogP contribution is 2.41. The third kappa shape index (κ3) is 1.11. The fourth-order valence-corrected chi connectivity index (χ4v) is 2.10. The molecule has 0 aromatic heterocycles. The molecule has 2 heterocycles. The van der Waals surface area contributed by atoms with Crippen molar-refractivity contribution in [3.8, 4) is 0 Å². The summed E-state index contributed by atoms with van der Waals surface area (Å²) in [4.78, 5) is 0. The van der Waals surface area contributed by atoms with Gasteiger partial charge in [-0.15, -0.1) is 0 Å². The molecule has 0 aromatic carbocycles. The standard InChI is InChI=1S/C8H12N3O2S/c1-8(2)10(12)6-4-9(3)14-5-7(6)11(8)13/h4-5,12H,1-3H3/q-1. The fraction of sp³-hybridized carbons (Fsp3) is 0.500. The maximum atomic E-state index is 11.8. The van der Waals surface area contributed by atoms with Gasteiger partial charge < -0.3 is 14.6 Å². The van der Waals surface area contributed by atoms with E-state index < -0.39 is 5.66 Å². The lowest BCUT2D eigenvalue weighted by atomic mass is 10.2. The molecule has 0 amide bonds. The molecule has 0 aromatic rings. The summed E-state index contributed by atoms with van der Waals surface area (Å²) in [5.41, 5.74) is 0.135. The second-order valence-corrected chi connectivity index (χ2v) is 4.79. The molecule has 0 radical (unpaired) electrons. The van der Waals surface area contributed by atoms with Crippen LogP contribution >= 0.6 is 11.9 Å². The van der Waals surface area contributed by atoms with Crippen LogP contribution in [0.3, 0.4) is 0 Å². The molecule has 2 aliphatic rings. The maximum absolute atomic E-state index is 11.8. The Morgan fingerprint density at radius 2 is 2.07 bits per heavy atom. The SMILES string of the molecule is CN1C=C2C(=CS1)N([O-])C(C)(C)N2O. The number of hydrogen-bond acceptors (Lipinski definition) is 6. The zero-order valence-corrected chi connectivity index (χ0v) is 9.08. The highest BCUT2D eigenvalue weighted by Gasteiger charge is 2.41. The maximum Gasteiger partial charge on any atom is 0.122 e. The zero-order valence-electron chi connectivity index (χ0n) is 8.26. The van der Waals surface area contributed by atoms with E-state index in [-0.39, 0.29) is 0 Å². The first-order chi connectivity index (χ1) is 6.44. The van der Waals surface area contributed by atoms with E-state index >= 15 is 0 Å². The smallest absolute Gasteiger partial charge is 0.122 e. The number of fused-ring (bicyclic) bond motifs is 1. The molecular formula is C8H12N3O2S-. The second-order valence-electron chi connectivity index (χ2n) is 3.77. The van der Waals surface area contributed by atoms with Crippen LogP contribution in [-0.4, -0.2) is 32.3 Å². The van der Waals surface area contributed by atoms with Crippen molar-refractivity contribution in [1.82, 2.24) is 14.4 Å². The van der Waals surface area contributed by atoms with Crippen LogP contribution in [0.15, 0.2) is 23.0 Å². The summed E-state index contributed by atoms with van der Waals surface area (Å²) < 4.78 is 1.83. The average molecular weight is 214 g/mol. The van der Waals surface area contributed by atoms with Crippen molar-refractivity contribution < 1.29 is 5.21 Å². The van der Waals surface area contributed by atoms with Crippen molar-refractivity contribution in [2.75, 3.05) is 7.05 Å². The molecule has 6 heteroatoms. The molecule has 5 nitrogen and oxygen atoms in total. The number of hydroxylamine groups is 4. The van der Waals surface area contributed by atoms with Gasteiger partial charge >= 0.3 is 0 Å². The number of hydrogen-bond donors (Lipinski definition) is 1. The van der Waals surface area contributed by atoms with Crippen LogP contribution in [0.1, 0.15) is 13.8 Å². The Morgan fingerprint density at radius 3 is 2.71 bits per heavy atom. The van der Waals surface area contributed by atoms with Crippen molar-refractivity contribution in [3.05, 3.63) is 28.2 Å². The second kappa shape index (κ2) is 2.82. The van der Waals surface area contributed by atoms with Crippen LogP contribution < -0.4 is 0 Å². The van der Waals surface area contributed by atoms with Gasteiger partial charge in [-0.05, 0) is 25.8 Å². The quantitative estimate of drug-likeness (QED) is 0.617. The molecule has 0 unspecified atom stereocenters. The van der Waals surface area contributed by atoms with Gasteiger partial charge in [-0.3, -0.25) is 5.21 Å². The Labute approximate surface area is 86.9 Å². The lowest BCUT2D eigenvalue weighted by Gasteiger charge is -2.40. The van der Waals surface area contributed by atoms with Crippen LogP contribution in [0.2, 0.25) is 0 Å². The summed E-state index contributed by atoms with van der Waals surface area (Å²) >= 11 is 1.42. The highest BCUT2D eigenvalue weighted by molar-refractivity contribution is 8.00. The van der Waals surface area contributed by atoms with Gasteiger partial charge in [-0.1, -0.05) is 0 Å². The van der Waals surface area contributed by atoms with E-state index in [1.54, 1.807) is 25.5 Å². The zero-order chi connectivity index (χ0) is 10.5. The summed E-state index contributed by atoms with van der Waals surface area (Å²) in [6.45, 7) is 3.34. The molecule has 14 heavy (non-hydrogen) atoms. The molecule has 2 rings (SSSR count). The van der Waals surface area contributed by atoms with Gasteiger partial charge in [-0.25, -0.2) is 5.06 Å². The topological polar surface area (TPSA) is 53.0 Å². The van der Waals surface area contributed by atoms with Gasteiger partial charge in [0.15, 0.2) is 0 Å². The van der Waals surface area contributed by atoms with Crippen LogP contribution in [-0.2, 0) is 0 Å². The minimum atomic E-state index is -0.927. The summed E-state index contributed by atoms with van der Waals surface area (Å²) in [6.07, 6.45) is 1.74. The van der Waals surface area contributed by atoms with Gasteiger partial charge in [0.1, 0.15) is 11.4 Å². The minimum absolute atomic E-state index is 0.514. The van der Waals surface area contributed by atoms with Crippen molar-refractivity contribution in [2.24, 2.45) is 0 Å². The van der Waals surface area contributed by atoms with E-state index in [0.717, 1.165) is 10.1 Å². The van der Waals surface area contributed by atoms with Crippen molar-refractivity contribution in [3.63, 3.8) is 0 Å². The lowest BCUT2D eigenvalue weighted by Crippen LogP contribution is -2.43. The molecule has 78 valence electrons. The first-order valence-electron chi connectivity index (χ1n) is 4.23. The van der Waals surface area contributed by atoms with E-state index in [9.17, 15) is 10.4 Å². The first-order valence-corrected chi connectivity index (χ1v) is 5.06. The third-order valence-electron chi connectivity index (χ3n) is 2.36. The Morgan fingerprint density at radius 1 is 1.43 bits per heavy atom. The van der Waals surface area contributed by atoms with Crippen LogP contribution in [0.4, 0.5) is 0 Å². The van der Waals surface area contributed by atoms with Gasteiger partial charge in [-0.2, -0.15) is 0 Å². The Kier molecular flexibility index (Phi) is 1.95. The van der Waals surface area contributed by atoms with Crippen molar-refractivity contribution in [1.29, 1.82) is 0 Å². The van der Waals surface area contributed by atoms with E-state index in [4.69, 9.17) is 0 Å². The predicted octanol–water partition coefficient (Wildman–Crippen LogP) is 1.50. The number of nitrogens with zero attached hydrogens (tertiary/aromatic N) is 3. The van der Waals surface area contributed by atoms with E-state index in [2.05, 4.69) is 0 Å². The molecule has 1 saturated heterocycles. The summed E-state index contributed by atoms with van der Waals surface area (Å²) in [7, 11) is 1.86. The molecule has 0 bridgehead atoms. The Balaban J connectivity index is 2.44. The molecule has 0 aliphatic carbocycles. The van der Waals surface area contributed by atoms with Crippen LogP contribution in [0.25, 0.3) is 0 Å². The Hall–Kier alpha value is -0.850. The average Bonchev–Trinajstić information content (AvgIpc) is 2.29. The first kappa shape index (κ1) is 9.70. The largest absolute Gasteiger partial charge is 0.757 e. The summed E-state index contributed by atoms with van der Waals surface area (Å²) in [5, 5.41) is 25.1.